The van der Waals surface area contributed by atoms with E-state index in [1.54, 1.807) is 0 Å². The van der Waals surface area contributed by atoms with Crippen LogP contribution in [0.2, 0.25) is 0 Å². The molecule has 0 nitrogen and oxygen atoms in total. The zero-order chi connectivity index (χ0) is 21.6. The van der Waals surface area contributed by atoms with Gasteiger partial charge in [-0.05, 0) is 22.3 Å². The first kappa shape index (κ1) is 38.1. The number of hydrogen-bond donors (Lipinski definition) is 0. The molecule has 0 saturated heterocycles. The predicted octanol–water partition coefficient (Wildman–Crippen LogP) is 9.74. The molecule has 2 atom stereocenters. The molecule has 2 unspecified atom stereocenters. The van der Waals surface area contributed by atoms with Gasteiger partial charge < -0.3 is 27.7 Å². The molecule has 4 rings (SSSR count). The minimum absolute atomic E-state index is 0. The third-order valence-electron chi connectivity index (χ3n) is 5.75. The van der Waals surface area contributed by atoms with Gasteiger partial charge in [0.25, 0.3) is 0 Å². The van der Waals surface area contributed by atoms with Crippen molar-refractivity contribution in [1.82, 2.24) is 0 Å². The number of benzene rings is 2. The quantitative estimate of drug-likeness (QED) is 0.163. The first-order chi connectivity index (χ1) is 14.8. The predicted molar refractivity (Wildman–Crippen MR) is 157 cm³/mol. The van der Waals surface area contributed by atoms with Crippen LogP contribution in [-0.2, 0) is 23.3 Å². The van der Waals surface area contributed by atoms with Gasteiger partial charge in [0.2, 0.25) is 0 Å². The van der Waals surface area contributed by atoms with E-state index in [9.17, 15) is 0 Å². The van der Waals surface area contributed by atoms with Gasteiger partial charge in [0.05, 0.1) is 0 Å². The Labute approximate surface area is 240 Å². The Morgan fingerprint density at radius 3 is 1.38 bits per heavy atom. The van der Waals surface area contributed by atoms with Crippen molar-refractivity contribution in [2.24, 2.45) is 0 Å². The molecule has 188 valence electrons. The number of rotatable bonds is 8. The van der Waals surface area contributed by atoms with Gasteiger partial charge in [0, 0.05) is 11.8 Å². The molecule has 4 heteroatoms. The fourth-order valence-corrected chi connectivity index (χ4v) is 4.15. The summed E-state index contributed by atoms with van der Waals surface area (Å²) in [6.45, 7) is 7.48. The number of unbranched alkanes of at least 4 members (excludes halogenated alkanes) is 4. The van der Waals surface area contributed by atoms with Crippen LogP contribution in [0, 0.1) is 27.7 Å². The Bertz CT molecular complexity index is 751. The summed E-state index contributed by atoms with van der Waals surface area (Å²) in [6, 6.07) is 17.4. The Morgan fingerprint density at radius 2 is 1.03 bits per heavy atom. The molecule has 2 aliphatic carbocycles. The molecule has 2 aromatic rings. The molecule has 0 bridgehead atoms. The summed E-state index contributed by atoms with van der Waals surface area (Å²) in [7, 11) is 0. The molecule has 0 N–H and O–H groups in total. The van der Waals surface area contributed by atoms with Crippen molar-refractivity contribution >= 4 is 43.8 Å². The zero-order valence-corrected chi connectivity index (χ0v) is 26.4. The van der Waals surface area contributed by atoms with Gasteiger partial charge >= 0.3 is 30.2 Å². The normalized spacial score (nSPS) is 15.3. The van der Waals surface area contributed by atoms with Crippen LogP contribution in [0.3, 0.4) is 0 Å². The van der Waals surface area contributed by atoms with Crippen molar-refractivity contribution in [2.75, 3.05) is 0 Å². The van der Waals surface area contributed by atoms with Crippen molar-refractivity contribution < 1.29 is 23.3 Å². The van der Waals surface area contributed by atoms with E-state index >= 15 is 0 Å². The van der Waals surface area contributed by atoms with Crippen LogP contribution in [-0.4, -0.2) is 6.88 Å². The molecule has 0 fully saturated rings. The van der Waals surface area contributed by atoms with Crippen LogP contribution in [0.4, 0.5) is 0 Å². The second-order valence-corrected chi connectivity index (χ2v) is 7.74. The van der Waals surface area contributed by atoms with Crippen LogP contribution in [0.25, 0.3) is 12.2 Å². The fourth-order valence-electron chi connectivity index (χ4n) is 4.15. The molecule has 0 aliphatic heterocycles. The molecule has 0 spiro atoms. The average molecular weight is 593 g/mol. The first-order valence-corrected chi connectivity index (χ1v) is 15.4. The maximum atomic E-state index is 3.06. The molecule has 0 aromatic heterocycles. The minimum atomic E-state index is 0. The SMILES string of the molecule is CC[CH-]CCC1C=Cc2ccccc21.CC[CH-]CCC1C=Cc2ccccc21.Cl.Cl.[CH3-].[CH3-].[Si]=[Zr]. The van der Waals surface area contributed by atoms with Crippen molar-refractivity contribution in [3.8, 4) is 0 Å². The van der Waals surface area contributed by atoms with Crippen molar-refractivity contribution in [3.05, 3.63) is 111 Å². The summed E-state index contributed by atoms with van der Waals surface area (Å²) in [5.41, 5.74) is 5.84. The van der Waals surface area contributed by atoms with Crippen LogP contribution >= 0.6 is 24.8 Å². The molecule has 0 amide bonds. The van der Waals surface area contributed by atoms with Crippen LogP contribution < -0.4 is 0 Å². The molecule has 2 aliphatic rings. The van der Waals surface area contributed by atoms with E-state index < -0.39 is 0 Å². The van der Waals surface area contributed by atoms with Crippen LogP contribution in [0.15, 0.2) is 60.7 Å². The Morgan fingerprint density at radius 1 is 0.676 bits per heavy atom. The summed E-state index contributed by atoms with van der Waals surface area (Å²) in [6.07, 6.45) is 21.3. The molecule has 0 saturated carbocycles. The second kappa shape index (κ2) is 23.0. The number of hydrogen-bond acceptors (Lipinski definition) is 0. The van der Waals surface area contributed by atoms with E-state index in [-0.39, 0.29) is 39.7 Å². The number of halogens is 2. The van der Waals surface area contributed by atoms with Gasteiger partial charge in [-0.1, -0.05) is 99.5 Å². The Balaban J connectivity index is -0.000000475. The Kier molecular flexibility index (Phi) is 25.8. The van der Waals surface area contributed by atoms with Gasteiger partial charge in [-0.2, -0.15) is 25.7 Å². The first-order valence-electron chi connectivity index (χ1n) is 11.3. The van der Waals surface area contributed by atoms with E-state index in [1.807, 2.05) is 0 Å². The van der Waals surface area contributed by atoms with Crippen LogP contribution in [0.5, 0.6) is 0 Å². The molecule has 34 heavy (non-hydrogen) atoms. The molecular formula is C30H42Cl2SiZr-4. The van der Waals surface area contributed by atoms with E-state index in [1.165, 1.54) is 84.1 Å². The molecule has 0 heterocycles. The third kappa shape index (κ3) is 12.0. The van der Waals surface area contributed by atoms with E-state index in [0.29, 0.717) is 11.8 Å². The summed E-state index contributed by atoms with van der Waals surface area (Å²) in [4.78, 5) is 0. The van der Waals surface area contributed by atoms with E-state index in [4.69, 9.17) is 0 Å². The zero-order valence-electron chi connectivity index (χ0n) is 21.3. The Hall–Kier alpha value is -0.400. The van der Waals surface area contributed by atoms with E-state index in [2.05, 4.69) is 106 Å². The van der Waals surface area contributed by atoms with E-state index in [0.717, 1.165) is 0 Å². The van der Waals surface area contributed by atoms with Gasteiger partial charge in [0.1, 0.15) is 0 Å². The van der Waals surface area contributed by atoms with Gasteiger partial charge in [-0.3, -0.25) is 0 Å². The summed E-state index contributed by atoms with van der Waals surface area (Å²) in [5, 5.41) is 0. The number of allylic oxidation sites excluding steroid dienone is 2. The van der Waals surface area contributed by atoms with Crippen molar-refractivity contribution in [2.45, 2.75) is 64.2 Å². The van der Waals surface area contributed by atoms with Gasteiger partial charge in [-0.15, -0.1) is 24.8 Å². The van der Waals surface area contributed by atoms with Crippen molar-refractivity contribution in [1.29, 1.82) is 0 Å². The molecular weight excluding hydrogens is 551 g/mol. The standard InChI is InChI=1S/2C14H17.2CH3.2ClH.Si.Zr/c2*1-2-3-4-7-12-10-11-13-8-5-6-9-14(12)13;;;;;;/h2*3,5-6,8-12H,2,4,7H2,1H3;2*1H3;2*1H;;/q4*-1;;;;. The summed E-state index contributed by atoms with van der Waals surface area (Å²) >= 11 is 1.36. The van der Waals surface area contributed by atoms with Crippen LogP contribution in [0.1, 0.15) is 86.5 Å². The molecule has 2 aromatic carbocycles. The molecule has 2 radical (unpaired) electrons. The summed E-state index contributed by atoms with van der Waals surface area (Å²) in [5.74, 6) is 1.32. The third-order valence-corrected chi connectivity index (χ3v) is 5.75. The maximum absolute atomic E-state index is 3.06. The average Bonchev–Trinajstić information content (AvgIpc) is 3.41. The van der Waals surface area contributed by atoms with Gasteiger partial charge in [-0.25, -0.2) is 0 Å². The van der Waals surface area contributed by atoms with Gasteiger partial charge in [0.15, 0.2) is 0 Å². The summed E-state index contributed by atoms with van der Waals surface area (Å²) < 4.78 is 0. The number of fused-ring (bicyclic) bond motifs is 2. The second-order valence-electron chi connectivity index (χ2n) is 7.74. The fraction of sp³-hybridized carbons (Fsp3) is 0.333. The topological polar surface area (TPSA) is 0 Å². The van der Waals surface area contributed by atoms with Crippen molar-refractivity contribution in [3.63, 3.8) is 0 Å². The monoisotopic (exact) mass is 590 g/mol.